The maximum atomic E-state index is 2.37. The maximum absolute atomic E-state index is 2.37. The molecule has 0 heteroatoms. The minimum absolute atomic E-state index is 0.802. The summed E-state index contributed by atoms with van der Waals surface area (Å²) < 4.78 is 0. The third kappa shape index (κ3) is 3.41. The normalized spacial score (nSPS) is 41.7. The van der Waals surface area contributed by atoms with E-state index in [0.717, 1.165) is 22.7 Å². The first-order chi connectivity index (χ1) is 10.7. The molecule has 4 aliphatic carbocycles. The van der Waals surface area contributed by atoms with Crippen LogP contribution in [0.25, 0.3) is 0 Å². The SMILES string of the molecule is CCCCCC12CCC(C3CCC(CCC)CC3)(CC1)CC2. The maximum Gasteiger partial charge on any atom is -0.0269 e. The van der Waals surface area contributed by atoms with E-state index in [2.05, 4.69) is 13.8 Å². The average Bonchev–Trinajstić information content (AvgIpc) is 2.58. The van der Waals surface area contributed by atoms with Gasteiger partial charge in [-0.15, -0.1) is 0 Å². The van der Waals surface area contributed by atoms with Gasteiger partial charge in [0.05, 0.1) is 0 Å². The summed E-state index contributed by atoms with van der Waals surface area (Å²) in [5.41, 5.74) is 1.61. The second-order valence-corrected chi connectivity index (χ2v) is 9.33. The van der Waals surface area contributed by atoms with Crippen molar-refractivity contribution in [1.29, 1.82) is 0 Å². The zero-order valence-corrected chi connectivity index (χ0v) is 15.5. The van der Waals surface area contributed by atoms with Crippen LogP contribution in [-0.4, -0.2) is 0 Å². The molecule has 0 heterocycles. The van der Waals surface area contributed by atoms with Gasteiger partial charge in [0.1, 0.15) is 0 Å². The van der Waals surface area contributed by atoms with Crippen LogP contribution in [-0.2, 0) is 0 Å². The molecule has 0 aromatic carbocycles. The smallest absolute Gasteiger partial charge is 0.0269 e. The number of fused-ring (bicyclic) bond motifs is 3. The summed E-state index contributed by atoms with van der Waals surface area (Å²) in [4.78, 5) is 0. The topological polar surface area (TPSA) is 0 Å². The Morgan fingerprint density at radius 3 is 1.91 bits per heavy atom. The molecule has 0 aromatic rings. The van der Waals surface area contributed by atoms with E-state index in [1.807, 2.05) is 0 Å². The predicted octanol–water partition coefficient (Wildman–Crippen LogP) is 7.51. The van der Waals surface area contributed by atoms with Crippen LogP contribution in [0.2, 0.25) is 0 Å². The molecule has 0 spiro atoms. The fourth-order valence-corrected chi connectivity index (χ4v) is 6.50. The van der Waals surface area contributed by atoms with E-state index in [1.54, 1.807) is 70.6 Å². The predicted molar refractivity (Wildman–Crippen MR) is 97.1 cm³/mol. The van der Waals surface area contributed by atoms with Crippen molar-refractivity contribution in [2.45, 2.75) is 117 Å². The first-order valence-electron chi connectivity index (χ1n) is 10.7. The lowest BCUT2D eigenvalue weighted by molar-refractivity contribution is -0.0654. The van der Waals surface area contributed by atoms with Gasteiger partial charge in [0.2, 0.25) is 0 Å². The van der Waals surface area contributed by atoms with E-state index >= 15 is 0 Å². The highest BCUT2D eigenvalue weighted by Crippen LogP contribution is 2.63. The largest absolute Gasteiger partial charge is 0.0654 e. The van der Waals surface area contributed by atoms with Crippen LogP contribution in [0.15, 0.2) is 0 Å². The number of rotatable bonds is 7. The van der Waals surface area contributed by atoms with Gasteiger partial charge in [0.15, 0.2) is 0 Å². The van der Waals surface area contributed by atoms with Crippen LogP contribution < -0.4 is 0 Å². The molecule has 0 N–H and O–H groups in total. The van der Waals surface area contributed by atoms with E-state index in [-0.39, 0.29) is 0 Å². The minimum Gasteiger partial charge on any atom is -0.0654 e. The molecule has 4 saturated carbocycles. The molecule has 0 unspecified atom stereocenters. The third-order valence-electron chi connectivity index (χ3n) is 8.18. The Morgan fingerprint density at radius 2 is 1.36 bits per heavy atom. The summed E-state index contributed by atoms with van der Waals surface area (Å²) in [6, 6.07) is 0. The fraction of sp³-hybridized carbons (Fsp3) is 1.00. The van der Waals surface area contributed by atoms with Crippen molar-refractivity contribution in [2.75, 3.05) is 0 Å². The molecule has 4 rings (SSSR count). The first-order valence-corrected chi connectivity index (χ1v) is 10.7. The summed E-state index contributed by atoms with van der Waals surface area (Å²) in [5.74, 6) is 2.19. The van der Waals surface area contributed by atoms with Crippen LogP contribution in [0.4, 0.5) is 0 Å². The average molecular weight is 305 g/mol. The minimum atomic E-state index is 0.802. The summed E-state index contributed by atoms with van der Waals surface area (Å²) in [7, 11) is 0. The molecular formula is C22H40. The Hall–Kier alpha value is 0. The van der Waals surface area contributed by atoms with Crippen molar-refractivity contribution in [1.82, 2.24) is 0 Å². The van der Waals surface area contributed by atoms with Gasteiger partial charge in [-0.25, -0.2) is 0 Å². The Kier molecular flexibility index (Phi) is 5.56. The molecule has 0 aliphatic heterocycles. The van der Waals surface area contributed by atoms with Crippen molar-refractivity contribution in [3.63, 3.8) is 0 Å². The van der Waals surface area contributed by atoms with Crippen LogP contribution in [0, 0.1) is 22.7 Å². The molecule has 4 fully saturated rings. The van der Waals surface area contributed by atoms with E-state index in [4.69, 9.17) is 0 Å². The standard InChI is InChI=1S/C22H40/c1-3-5-6-12-21-13-16-22(17-14-21,18-15-21)20-10-8-19(7-4-2)9-11-20/h19-20H,3-18H2,1-2H3. The third-order valence-corrected chi connectivity index (χ3v) is 8.18. The Bertz CT molecular complexity index is 309. The zero-order valence-electron chi connectivity index (χ0n) is 15.5. The highest BCUT2D eigenvalue weighted by molar-refractivity contribution is 5.02. The zero-order chi connectivity index (χ0) is 15.5. The fourth-order valence-electron chi connectivity index (χ4n) is 6.50. The van der Waals surface area contributed by atoms with Gasteiger partial charge in [0, 0.05) is 0 Å². The van der Waals surface area contributed by atoms with Gasteiger partial charge in [-0.05, 0) is 80.5 Å². The molecule has 0 amide bonds. The van der Waals surface area contributed by atoms with E-state index in [0.29, 0.717) is 0 Å². The van der Waals surface area contributed by atoms with Crippen molar-refractivity contribution < 1.29 is 0 Å². The number of hydrogen-bond acceptors (Lipinski definition) is 0. The second kappa shape index (κ2) is 7.27. The van der Waals surface area contributed by atoms with Gasteiger partial charge in [-0.2, -0.15) is 0 Å². The molecule has 22 heavy (non-hydrogen) atoms. The molecule has 0 nitrogen and oxygen atoms in total. The molecule has 0 aromatic heterocycles. The van der Waals surface area contributed by atoms with Crippen LogP contribution in [0.3, 0.4) is 0 Å². The van der Waals surface area contributed by atoms with Gasteiger partial charge >= 0.3 is 0 Å². The van der Waals surface area contributed by atoms with Gasteiger partial charge in [0.25, 0.3) is 0 Å². The van der Waals surface area contributed by atoms with Crippen molar-refractivity contribution >= 4 is 0 Å². The van der Waals surface area contributed by atoms with Crippen molar-refractivity contribution in [3.05, 3.63) is 0 Å². The summed E-state index contributed by atoms with van der Waals surface area (Å²) in [6.07, 6.45) is 24.7. The monoisotopic (exact) mass is 304 g/mol. The van der Waals surface area contributed by atoms with Gasteiger partial charge in [-0.3, -0.25) is 0 Å². The Morgan fingerprint density at radius 1 is 0.727 bits per heavy atom. The van der Waals surface area contributed by atoms with Crippen LogP contribution in [0.1, 0.15) is 117 Å². The highest BCUT2D eigenvalue weighted by Gasteiger charge is 2.51. The molecule has 0 radical (unpaired) electrons. The Labute approximate surface area is 139 Å². The summed E-state index contributed by atoms with van der Waals surface area (Å²) in [5, 5.41) is 0. The van der Waals surface area contributed by atoms with E-state index in [9.17, 15) is 0 Å². The lowest BCUT2D eigenvalue weighted by Gasteiger charge is -2.58. The molecule has 4 aliphatic rings. The van der Waals surface area contributed by atoms with Crippen LogP contribution >= 0.6 is 0 Å². The van der Waals surface area contributed by atoms with E-state index < -0.39 is 0 Å². The molecule has 0 saturated heterocycles. The Balaban J connectivity index is 1.51. The summed E-state index contributed by atoms with van der Waals surface area (Å²) in [6.45, 7) is 4.71. The van der Waals surface area contributed by atoms with Gasteiger partial charge < -0.3 is 0 Å². The van der Waals surface area contributed by atoms with E-state index in [1.165, 1.54) is 32.1 Å². The second-order valence-electron chi connectivity index (χ2n) is 9.33. The summed E-state index contributed by atoms with van der Waals surface area (Å²) >= 11 is 0. The van der Waals surface area contributed by atoms with Gasteiger partial charge in [-0.1, -0.05) is 58.8 Å². The van der Waals surface area contributed by atoms with Crippen molar-refractivity contribution in [2.24, 2.45) is 22.7 Å². The molecular weight excluding hydrogens is 264 g/mol. The number of unbranched alkanes of at least 4 members (excludes halogenated alkanes) is 2. The lowest BCUT2D eigenvalue weighted by Crippen LogP contribution is -2.46. The van der Waals surface area contributed by atoms with Crippen LogP contribution in [0.5, 0.6) is 0 Å². The molecule has 2 bridgehead atoms. The van der Waals surface area contributed by atoms with Crippen molar-refractivity contribution in [3.8, 4) is 0 Å². The lowest BCUT2D eigenvalue weighted by atomic mass is 9.47. The number of hydrogen-bond donors (Lipinski definition) is 0. The quantitative estimate of drug-likeness (QED) is 0.427. The molecule has 0 atom stereocenters. The molecule has 128 valence electrons. The highest BCUT2D eigenvalue weighted by atomic mass is 14.6. The first kappa shape index (κ1) is 16.8.